The van der Waals surface area contributed by atoms with Gasteiger partial charge in [0.2, 0.25) is 0 Å². The fraction of sp³-hybridized carbons (Fsp3) is 0.786. The number of hydrogen-bond acceptors (Lipinski definition) is 5. The van der Waals surface area contributed by atoms with Gasteiger partial charge < -0.3 is 5.32 Å². The van der Waals surface area contributed by atoms with Gasteiger partial charge in [-0.15, -0.1) is 11.3 Å². The maximum Gasteiger partial charge on any atom is 0.111 e. The minimum atomic E-state index is 0.170. The van der Waals surface area contributed by atoms with E-state index in [-0.39, 0.29) is 5.54 Å². The highest BCUT2D eigenvalue weighted by atomic mass is 32.1. The molecule has 0 aliphatic carbocycles. The van der Waals surface area contributed by atoms with Crippen molar-refractivity contribution in [1.29, 1.82) is 0 Å². The molecule has 4 rings (SSSR count). The average molecular weight is 280 g/mol. The van der Waals surface area contributed by atoms with Crippen LogP contribution in [0.2, 0.25) is 0 Å². The van der Waals surface area contributed by atoms with Gasteiger partial charge in [0, 0.05) is 55.9 Å². The largest absolute Gasteiger partial charge is 0.307 e. The molecular formula is C14H24N4S. The van der Waals surface area contributed by atoms with Crippen LogP contribution in [0.25, 0.3) is 0 Å². The minimum Gasteiger partial charge on any atom is -0.307 e. The van der Waals surface area contributed by atoms with E-state index >= 15 is 0 Å². The molecule has 19 heavy (non-hydrogen) atoms. The Labute approximate surface area is 119 Å². The van der Waals surface area contributed by atoms with Crippen LogP contribution in [0.1, 0.15) is 36.7 Å². The number of rotatable bonds is 3. The van der Waals surface area contributed by atoms with Gasteiger partial charge in [-0.1, -0.05) is 0 Å². The van der Waals surface area contributed by atoms with Crippen molar-refractivity contribution in [2.45, 2.75) is 38.9 Å². The van der Waals surface area contributed by atoms with Crippen molar-refractivity contribution in [1.82, 2.24) is 20.1 Å². The zero-order valence-electron chi connectivity index (χ0n) is 12.1. The summed E-state index contributed by atoms with van der Waals surface area (Å²) in [6.07, 6.45) is 2.05. The van der Waals surface area contributed by atoms with Crippen LogP contribution in [0.5, 0.6) is 0 Å². The molecule has 1 unspecified atom stereocenters. The standard InChI is InChI=1S/C14H24N4S/c1-14(2,3)16-9-11-8-15-13(19-11)12-10-17-4-6-18(12)7-5-17/h8,12,16H,4-7,9-10H2,1-3H3. The summed E-state index contributed by atoms with van der Waals surface area (Å²) in [6.45, 7) is 13.6. The Hall–Kier alpha value is -0.490. The Morgan fingerprint density at radius 1 is 1.32 bits per heavy atom. The molecule has 3 fully saturated rings. The number of nitrogens with one attached hydrogen (secondary N) is 1. The van der Waals surface area contributed by atoms with E-state index in [9.17, 15) is 0 Å². The molecule has 106 valence electrons. The van der Waals surface area contributed by atoms with Crippen LogP contribution in [-0.2, 0) is 6.54 Å². The van der Waals surface area contributed by atoms with Gasteiger partial charge in [-0.25, -0.2) is 4.98 Å². The van der Waals surface area contributed by atoms with Crippen LogP contribution in [-0.4, -0.2) is 53.0 Å². The zero-order chi connectivity index (χ0) is 13.5. The fourth-order valence-corrected chi connectivity index (χ4v) is 3.75. The number of thiazole rings is 1. The van der Waals surface area contributed by atoms with E-state index in [1.165, 1.54) is 42.6 Å². The highest BCUT2D eigenvalue weighted by Gasteiger charge is 2.34. The summed E-state index contributed by atoms with van der Waals surface area (Å²) in [5.41, 5.74) is 0.170. The summed E-state index contributed by atoms with van der Waals surface area (Å²) < 4.78 is 0. The highest BCUT2D eigenvalue weighted by Crippen LogP contribution is 2.31. The Morgan fingerprint density at radius 2 is 2.05 bits per heavy atom. The van der Waals surface area contributed by atoms with Gasteiger partial charge in [-0.3, -0.25) is 9.80 Å². The molecule has 1 aromatic heterocycles. The van der Waals surface area contributed by atoms with Crippen molar-refractivity contribution in [2.24, 2.45) is 0 Å². The van der Waals surface area contributed by atoms with Gasteiger partial charge in [0.25, 0.3) is 0 Å². The molecule has 3 aliphatic heterocycles. The van der Waals surface area contributed by atoms with Gasteiger partial charge in [-0.05, 0) is 20.8 Å². The normalized spacial score (nSPS) is 30.8. The van der Waals surface area contributed by atoms with Crippen molar-refractivity contribution in [3.8, 4) is 0 Å². The molecule has 1 N–H and O–H groups in total. The molecule has 0 amide bonds. The number of piperazine rings is 3. The van der Waals surface area contributed by atoms with E-state index in [4.69, 9.17) is 0 Å². The van der Waals surface area contributed by atoms with E-state index in [0.29, 0.717) is 6.04 Å². The predicted octanol–water partition coefficient (Wildman–Crippen LogP) is 1.70. The summed E-state index contributed by atoms with van der Waals surface area (Å²) in [7, 11) is 0. The number of fused-ring (bicyclic) bond motifs is 3. The lowest BCUT2D eigenvalue weighted by Gasteiger charge is -2.46. The van der Waals surface area contributed by atoms with E-state index in [0.717, 1.165) is 6.54 Å². The molecule has 3 aliphatic rings. The molecule has 4 heterocycles. The predicted molar refractivity (Wildman–Crippen MR) is 79.5 cm³/mol. The summed E-state index contributed by atoms with van der Waals surface area (Å²) in [5.74, 6) is 0. The minimum absolute atomic E-state index is 0.170. The first-order valence-electron chi connectivity index (χ1n) is 7.17. The molecule has 0 spiro atoms. The van der Waals surface area contributed by atoms with Gasteiger partial charge in [0.05, 0.1) is 6.04 Å². The first-order chi connectivity index (χ1) is 9.01. The summed E-state index contributed by atoms with van der Waals surface area (Å²) in [5, 5.41) is 4.84. The third-order valence-corrected chi connectivity index (χ3v) is 5.03. The molecular weight excluding hydrogens is 256 g/mol. The Balaban J connectivity index is 1.65. The lowest BCUT2D eigenvalue weighted by atomic mass is 10.1. The lowest BCUT2D eigenvalue weighted by Crippen LogP contribution is -2.56. The second kappa shape index (κ2) is 5.13. The second-order valence-electron chi connectivity index (χ2n) is 6.62. The molecule has 1 aromatic rings. The average Bonchev–Trinajstić information content (AvgIpc) is 2.86. The Morgan fingerprint density at radius 3 is 2.63 bits per heavy atom. The molecule has 3 saturated heterocycles. The monoisotopic (exact) mass is 280 g/mol. The molecule has 0 radical (unpaired) electrons. The summed E-state index contributed by atoms with van der Waals surface area (Å²) in [4.78, 5) is 11.2. The maximum absolute atomic E-state index is 4.67. The summed E-state index contributed by atoms with van der Waals surface area (Å²) in [6, 6.07) is 0.538. The SMILES string of the molecule is CC(C)(C)NCc1cnc(C2CN3CCN2CC3)s1. The van der Waals surface area contributed by atoms with E-state index in [1.54, 1.807) is 0 Å². The molecule has 4 nitrogen and oxygen atoms in total. The Bertz CT molecular complexity index is 429. The van der Waals surface area contributed by atoms with Crippen molar-refractivity contribution in [2.75, 3.05) is 32.7 Å². The van der Waals surface area contributed by atoms with Crippen molar-refractivity contribution in [3.05, 3.63) is 16.1 Å². The van der Waals surface area contributed by atoms with Crippen LogP contribution in [0.15, 0.2) is 6.20 Å². The number of nitrogens with zero attached hydrogens (tertiary/aromatic N) is 3. The third-order valence-electron chi connectivity index (χ3n) is 3.93. The van der Waals surface area contributed by atoms with Gasteiger partial charge >= 0.3 is 0 Å². The second-order valence-corrected chi connectivity index (χ2v) is 7.77. The molecule has 1 atom stereocenters. The van der Waals surface area contributed by atoms with Crippen molar-refractivity contribution >= 4 is 11.3 Å². The smallest absolute Gasteiger partial charge is 0.111 e. The van der Waals surface area contributed by atoms with E-state index in [2.05, 4.69) is 47.1 Å². The van der Waals surface area contributed by atoms with Crippen LogP contribution < -0.4 is 5.32 Å². The first-order valence-corrected chi connectivity index (χ1v) is 7.99. The van der Waals surface area contributed by atoms with Crippen LogP contribution >= 0.6 is 11.3 Å². The van der Waals surface area contributed by atoms with Crippen LogP contribution in [0.3, 0.4) is 0 Å². The van der Waals surface area contributed by atoms with Crippen molar-refractivity contribution < 1.29 is 0 Å². The first kappa shape index (κ1) is 13.5. The highest BCUT2D eigenvalue weighted by molar-refractivity contribution is 7.11. The van der Waals surface area contributed by atoms with Gasteiger partial charge in [-0.2, -0.15) is 0 Å². The van der Waals surface area contributed by atoms with Crippen LogP contribution in [0, 0.1) is 0 Å². The molecule has 2 bridgehead atoms. The van der Waals surface area contributed by atoms with Crippen LogP contribution in [0.4, 0.5) is 0 Å². The molecule has 5 heteroatoms. The van der Waals surface area contributed by atoms with E-state index in [1.807, 2.05) is 11.3 Å². The number of hydrogen-bond donors (Lipinski definition) is 1. The molecule has 0 saturated carbocycles. The zero-order valence-corrected chi connectivity index (χ0v) is 13.0. The maximum atomic E-state index is 4.67. The topological polar surface area (TPSA) is 31.4 Å². The van der Waals surface area contributed by atoms with Gasteiger partial charge in [0.1, 0.15) is 5.01 Å². The van der Waals surface area contributed by atoms with Crippen molar-refractivity contribution in [3.63, 3.8) is 0 Å². The fourth-order valence-electron chi connectivity index (χ4n) is 2.76. The molecule has 0 aromatic carbocycles. The summed E-state index contributed by atoms with van der Waals surface area (Å²) >= 11 is 1.88. The third kappa shape index (κ3) is 3.16. The quantitative estimate of drug-likeness (QED) is 0.913. The van der Waals surface area contributed by atoms with E-state index < -0.39 is 0 Å². The van der Waals surface area contributed by atoms with Gasteiger partial charge in [0.15, 0.2) is 0 Å². The Kier molecular flexibility index (Phi) is 3.64. The number of aromatic nitrogens is 1. The lowest BCUT2D eigenvalue weighted by molar-refractivity contribution is 0.0122.